The summed E-state index contributed by atoms with van der Waals surface area (Å²) in [5.74, 6) is 2.59. The molecule has 12 heteroatoms. The largest absolute Gasteiger partial charge is 0.491 e. The van der Waals surface area contributed by atoms with E-state index in [2.05, 4.69) is 15.4 Å². The zero-order valence-electron chi connectivity index (χ0n) is 23.8. The molecule has 1 aliphatic heterocycles. The van der Waals surface area contributed by atoms with Gasteiger partial charge in [-0.15, -0.1) is 0 Å². The summed E-state index contributed by atoms with van der Waals surface area (Å²) >= 11 is 0. The van der Waals surface area contributed by atoms with Crippen LogP contribution in [0.15, 0.2) is 28.8 Å². The molecule has 3 heterocycles. The Morgan fingerprint density at radius 2 is 1.93 bits per heavy atom. The number of hydrogen-bond donors (Lipinski definition) is 2. The Labute approximate surface area is 234 Å². The molecule has 2 N–H and O–H groups in total. The van der Waals surface area contributed by atoms with Crippen molar-refractivity contribution in [2.75, 3.05) is 71.6 Å². The third-order valence-corrected chi connectivity index (χ3v) is 6.72. The molecule has 1 amide bonds. The highest BCUT2D eigenvalue weighted by Crippen LogP contribution is 2.35. The fourth-order valence-corrected chi connectivity index (χ4v) is 4.62. The number of benzene rings is 1. The minimum Gasteiger partial charge on any atom is -0.491 e. The number of aliphatic hydroxyl groups is 1. The first-order valence-corrected chi connectivity index (χ1v) is 13.4. The van der Waals surface area contributed by atoms with Gasteiger partial charge < -0.3 is 39.0 Å². The lowest BCUT2D eigenvalue weighted by molar-refractivity contribution is 0.0705. The van der Waals surface area contributed by atoms with Crippen LogP contribution in [0, 0.1) is 20.8 Å². The number of aromatic nitrogens is 3. The molecule has 0 saturated carbocycles. The average Bonchev–Trinajstić information content (AvgIpc) is 3.30. The van der Waals surface area contributed by atoms with Crippen LogP contribution in [0.5, 0.6) is 5.75 Å². The number of anilines is 1. The molecule has 1 atom stereocenters. The molecule has 1 aromatic carbocycles. The highest BCUT2D eigenvalue weighted by molar-refractivity contribution is 5.75. The van der Waals surface area contributed by atoms with Crippen LogP contribution < -0.4 is 15.0 Å². The van der Waals surface area contributed by atoms with Gasteiger partial charge in [0.2, 0.25) is 0 Å². The quantitative estimate of drug-likeness (QED) is 0.339. The summed E-state index contributed by atoms with van der Waals surface area (Å²) in [5, 5.41) is 17.1. The van der Waals surface area contributed by atoms with Crippen molar-refractivity contribution >= 4 is 11.9 Å². The molecule has 4 rings (SSSR count). The predicted molar refractivity (Wildman–Crippen MR) is 150 cm³/mol. The van der Waals surface area contributed by atoms with Crippen molar-refractivity contribution in [3.05, 3.63) is 41.3 Å². The van der Waals surface area contributed by atoms with Crippen LogP contribution in [-0.4, -0.2) is 104 Å². The van der Waals surface area contributed by atoms with Gasteiger partial charge in [-0.25, -0.2) is 14.8 Å². The molecule has 1 fully saturated rings. The third kappa shape index (κ3) is 6.87. The summed E-state index contributed by atoms with van der Waals surface area (Å²) in [7, 11) is 3.35. The van der Waals surface area contributed by atoms with E-state index < -0.39 is 6.10 Å². The number of carbonyl (C=O) groups excluding carboxylic acids is 1. The smallest absolute Gasteiger partial charge is 0.409 e. The fourth-order valence-electron chi connectivity index (χ4n) is 4.62. The number of nitrogens with zero attached hydrogens (tertiary/aromatic N) is 5. The molecule has 0 aliphatic carbocycles. The van der Waals surface area contributed by atoms with Crippen molar-refractivity contribution in [2.45, 2.75) is 26.9 Å². The van der Waals surface area contributed by atoms with Gasteiger partial charge >= 0.3 is 6.09 Å². The molecule has 12 nitrogen and oxygen atoms in total. The Hall–Kier alpha value is -3.74. The molecule has 1 aliphatic rings. The van der Waals surface area contributed by atoms with E-state index in [-0.39, 0.29) is 19.3 Å². The summed E-state index contributed by atoms with van der Waals surface area (Å²) in [5.41, 5.74) is 4.00. The molecule has 0 radical (unpaired) electrons. The molecule has 3 aromatic rings. The number of hydrogen-bond acceptors (Lipinski definition) is 11. The second-order valence-electron chi connectivity index (χ2n) is 9.68. The maximum atomic E-state index is 12.4. The highest BCUT2D eigenvalue weighted by atomic mass is 16.6. The van der Waals surface area contributed by atoms with Gasteiger partial charge in [-0.3, -0.25) is 0 Å². The van der Waals surface area contributed by atoms with E-state index in [9.17, 15) is 9.90 Å². The van der Waals surface area contributed by atoms with Gasteiger partial charge in [-0.2, -0.15) is 0 Å². The topological polar surface area (TPSA) is 135 Å². The van der Waals surface area contributed by atoms with Crippen molar-refractivity contribution in [2.24, 2.45) is 0 Å². The minimum atomic E-state index is -0.627. The molecular formula is C28H38N6O6. The van der Waals surface area contributed by atoms with Crippen LogP contribution >= 0.6 is 0 Å². The lowest BCUT2D eigenvalue weighted by Crippen LogP contribution is -2.49. The summed E-state index contributed by atoms with van der Waals surface area (Å²) in [4.78, 5) is 26.2. The number of rotatable bonds is 11. The zero-order chi connectivity index (χ0) is 28.6. The number of likely N-dealkylation sites (N-methyl/N-ethyl adjacent to an activating group) is 1. The molecule has 40 heavy (non-hydrogen) atoms. The Kier molecular flexibility index (Phi) is 9.91. The van der Waals surface area contributed by atoms with Gasteiger partial charge in [0.1, 0.15) is 36.6 Å². The predicted octanol–water partition coefficient (Wildman–Crippen LogP) is 2.59. The zero-order valence-corrected chi connectivity index (χ0v) is 23.8. The van der Waals surface area contributed by atoms with Crippen LogP contribution in [0.25, 0.3) is 22.6 Å². The Morgan fingerprint density at radius 1 is 1.15 bits per heavy atom. The monoisotopic (exact) mass is 554 g/mol. The Bertz CT molecular complexity index is 1270. The molecule has 1 saturated heterocycles. The van der Waals surface area contributed by atoms with Crippen molar-refractivity contribution in [3.63, 3.8) is 0 Å². The van der Waals surface area contributed by atoms with E-state index >= 15 is 0 Å². The molecular weight excluding hydrogens is 516 g/mol. The number of aryl methyl sites for hydroxylation is 2. The van der Waals surface area contributed by atoms with Crippen molar-refractivity contribution < 1.29 is 28.6 Å². The first-order valence-electron chi connectivity index (χ1n) is 13.4. The van der Waals surface area contributed by atoms with Crippen LogP contribution in [-0.2, 0) is 9.47 Å². The SMILES string of the molecule is CNCC(O)COc1cccc(-c2nc(-c3c(C)noc3C)c(C)c(N3CCN(C(=O)OCCOC)CC3)n2)c1. The van der Waals surface area contributed by atoms with Crippen LogP contribution in [0.1, 0.15) is 17.0 Å². The maximum absolute atomic E-state index is 12.4. The molecule has 0 spiro atoms. The van der Waals surface area contributed by atoms with Crippen LogP contribution in [0.2, 0.25) is 0 Å². The summed E-state index contributed by atoms with van der Waals surface area (Å²) in [6.45, 7) is 9.12. The summed E-state index contributed by atoms with van der Waals surface area (Å²) in [6.07, 6.45) is -0.970. The molecule has 0 bridgehead atoms. The van der Waals surface area contributed by atoms with Gasteiger partial charge in [0.25, 0.3) is 0 Å². The van der Waals surface area contributed by atoms with E-state index in [1.807, 2.05) is 45.0 Å². The molecule has 216 valence electrons. The minimum absolute atomic E-state index is 0.160. The third-order valence-electron chi connectivity index (χ3n) is 6.72. The molecule has 1 unspecified atom stereocenters. The lowest BCUT2D eigenvalue weighted by atomic mass is 10.0. The van der Waals surface area contributed by atoms with E-state index in [1.165, 1.54) is 0 Å². The van der Waals surface area contributed by atoms with Gasteiger partial charge in [0.15, 0.2) is 5.82 Å². The van der Waals surface area contributed by atoms with Gasteiger partial charge in [0, 0.05) is 51.0 Å². The number of ether oxygens (including phenoxy) is 3. The Balaban J connectivity index is 1.64. The second kappa shape index (κ2) is 13.6. The number of carbonyl (C=O) groups is 1. The van der Waals surface area contributed by atoms with Gasteiger partial charge in [-0.05, 0) is 40.0 Å². The summed E-state index contributed by atoms with van der Waals surface area (Å²) in [6, 6.07) is 7.51. The average molecular weight is 555 g/mol. The first kappa shape index (κ1) is 29.2. The van der Waals surface area contributed by atoms with Crippen molar-refractivity contribution in [1.29, 1.82) is 0 Å². The summed E-state index contributed by atoms with van der Waals surface area (Å²) < 4.78 is 21.5. The molecule has 2 aromatic heterocycles. The maximum Gasteiger partial charge on any atom is 0.409 e. The van der Waals surface area contributed by atoms with Gasteiger partial charge in [-0.1, -0.05) is 17.3 Å². The van der Waals surface area contributed by atoms with E-state index in [0.29, 0.717) is 56.7 Å². The highest BCUT2D eigenvalue weighted by Gasteiger charge is 2.27. The van der Waals surface area contributed by atoms with Crippen molar-refractivity contribution in [1.82, 2.24) is 25.3 Å². The van der Waals surface area contributed by atoms with Crippen molar-refractivity contribution in [3.8, 4) is 28.4 Å². The van der Waals surface area contributed by atoms with E-state index in [1.54, 1.807) is 19.1 Å². The number of methoxy groups -OCH3 is 1. The van der Waals surface area contributed by atoms with Gasteiger partial charge in [0.05, 0.1) is 23.6 Å². The lowest BCUT2D eigenvalue weighted by Gasteiger charge is -2.35. The van der Waals surface area contributed by atoms with E-state index in [4.69, 9.17) is 28.7 Å². The normalized spacial score (nSPS) is 14.3. The van der Waals surface area contributed by atoms with Crippen LogP contribution in [0.3, 0.4) is 0 Å². The first-order chi connectivity index (χ1) is 19.3. The number of nitrogens with one attached hydrogen (secondary N) is 1. The van der Waals surface area contributed by atoms with Crippen LogP contribution in [0.4, 0.5) is 10.6 Å². The number of amides is 1. The Morgan fingerprint density at radius 3 is 2.60 bits per heavy atom. The standard InChI is InChI=1S/C28H38N6O6/c1-18-25(24-19(2)32-40-20(24)3)30-26(21-7-6-8-23(15-21)39-17-22(35)16-29-4)31-27(18)33-9-11-34(12-10-33)28(36)38-14-13-37-5/h6-8,15,22,29,35H,9-14,16-17H2,1-5H3. The number of piperazine rings is 1. The second-order valence-corrected chi connectivity index (χ2v) is 9.68. The fraction of sp³-hybridized carbons (Fsp3) is 0.500. The van der Waals surface area contributed by atoms with E-state index in [0.717, 1.165) is 33.9 Å². The number of aliphatic hydroxyl groups excluding tert-OH is 1.